The second kappa shape index (κ2) is 6.35. The molecule has 1 aliphatic heterocycles. The zero-order valence-corrected chi connectivity index (χ0v) is 14.7. The van der Waals surface area contributed by atoms with Gasteiger partial charge in [-0.05, 0) is 30.7 Å². The van der Waals surface area contributed by atoms with Gasteiger partial charge in [-0.2, -0.15) is 5.10 Å². The van der Waals surface area contributed by atoms with Crippen LogP contribution >= 0.6 is 11.6 Å². The molecule has 4 rings (SSSR count). The molecule has 26 heavy (non-hydrogen) atoms. The smallest absolute Gasteiger partial charge is 0.352 e. The van der Waals surface area contributed by atoms with Crippen molar-refractivity contribution in [1.82, 2.24) is 9.78 Å². The lowest BCUT2D eigenvalue weighted by Gasteiger charge is -2.23. The topological polar surface area (TPSA) is 67.2 Å². The number of aromatic nitrogens is 2. The Morgan fingerprint density at radius 3 is 2.50 bits per heavy atom. The lowest BCUT2D eigenvalue weighted by Crippen LogP contribution is -2.23. The Hall–Kier alpha value is -3.05. The minimum atomic E-state index is -0.998. The van der Waals surface area contributed by atoms with Gasteiger partial charge in [0.1, 0.15) is 11.5 Å². The normalized spacial score (nSPS) is 15.8. The van der Waals surface area contributed by atoms with Gasteiger partial charge in [0.05, 0.1) is 11.7 Å². The molecule has 2 aromatic carbocycles. The molecule has 5 nitrogen and oxygen atoms in total. The van der Waals surface area contributed by atoms with Gasteiger partial charge in [-0.3, -0.25) is 0 Å². The molecule has 6 heteroatoms. The summed E-state index contributed by atoms with van der Waals surface area (Å²) < 4.78 is 1.81. The molecule has 0 saturated carbocycles. The summed E-state index contributed by atoms with van der Waals surface area (Å²) >= 11 is 5.96. The third-order valence-electron chi connectivity index (χ3n) is 4.38. The molecule has 2 heterocycles. The highest BCUT2D eigenvalue weighted by Crippen LogP contribution is 2.33. The Morgan fingerprint density at radius 2 is 1.85 bits per heavy atom. The van der Waals surface area contributed by atoms with Crippen molar-refractivity contribution in [3.05, 3.63) is 82.5 Å². The number of hydrogen-bond acceptors (Lipinski definition) is 3. The summed E-state index contributed by atoms with van der Waals surface area (Å²) in [6.45, 7) is 2.02. The maximum atomic E-state index is 11.5. The predicted molar refractivity (Wildman–Crippen MR) is 101 cm³/mol. The van der Waals surface area contributed by atoms with E-state index in [1.807, 2.05) is 49.4 Å². The van der Waals surface area contributed by atoms with Crippen LogP contribution in [0.2, 0.25) is 5.02 Å². The number of aliphatic carboxylic acids is 1. The number of anilines is 1. The van der Waals surface area contributed by atoms with Gasteiger partial charge in [0.25, 0.3) is 0 Å². The molecule has 0 amide bonds. The first kappa shape index (κ1) is 16.4. The summed E-state index contributed by atoms with van der Waals surface area (Å²) in [6.07, 6.45) is 1.68. The summed E-state index contributed by atoms with van der Waals surface area (Å²) in [5.74, 6) is -0.358. The summed E-state index contributed by atoms with van der Waals surface area (Å²) in [5, 5.41) is 17.8. The second-order valence-electron chi connectivity index (χ2n) is 6.23. The largest absolute Gasteiger partial charge is 0.477 e. The van der Waals surface area contributed by atoms with Crippen molar-refractivity contribution in [2.24, 2.45) is 0 Å². The van der Waals surface area contributed by atoms with Crippen LogP contribution in [0.1, 0.15) is 17.2 Å². The molecule has 1 unspecified atom stereocenters. The molecule has 0 spiro atoms. The number of allylic oxidation sites excluding steroid dienone is 1. The number of hydrogen-bond donors (Lipinski definition) is 2. The van der Waals surface area contributed by atoms with Crippen molar-refractivity contribution in [2.75, 3.05) is 5.32 Å². The van der Waals surface area contributed by atoms with Gasteiger partial charge >= 0.3 is 5.97 Å². The predicted octanol–water partition coefficient (Wildman–Crippen LogP) is 4.50. The fourth-order valence-electron chi connectivity index (χ4n) is 3.00. The molecule has 130 valence electrons. The van der Waals surface area contributed by atoms with E-state index in [2.05, 4.69) is 5.32 Å². The van der Waals surface area contributed by atoms with Crippen molar-refractivity contribution in [2.45, 2.75) is 13.0 Å². The zero-order valence-electron chi connectivity index (χ0n) is 14.0. The van der Waals surface area contributed by atoms with Crippen LogP contribution in [-0.2, 0) is 4.79 Å². The van der Waals surface area contributed by atoms with Gasteiger partial charge in [0, 0.05) is 16.7 Å². The first-order valence-corrected chi connectivity index (χ1v) is 8.53. The molecular weight excluding hydrogens is 350 g/mol. The quantitative estimate of drug-likeness (QED) is 0.717. The standard InChI is InChI=1S/C20H16ClN3O2/c1-12-2-4-14(5-3-12)18-10-17(20(25)26)22-19-11-16(23-24(18)19)13-6-8-15(21)9-7-13/h2-11,18,22H,1H3,(H,25,26). The summed E-state index contributed by atoms with van der Waals surface area (Å²) in [5.41, 5.74) is 3.93. The SMILES string of the molecule is Cc1ccc(C2C=C(C(=O)O)Nc3cc(-c4ccc(Cl)cc4)nn32)cc1. The van der Waals surface area contributed by atoms with E-state index in [-0.39, 0.29) is 11.7 Å². The maximum Gasteiger partial charge on any atom is 0.352 e. The molecule has 2 N–H and O–H groups in total. The number of halogens is 1. The Balaban J connectivity index is 1.81. The minimum absolute atomic E-state index is 0.144. The van der Waals surface area contributed by atoms with Crippen molar-refractivity contribution in [3.8, 4) is 11.3 Å². The van der Waals surface area contributed by atoms with Gasteiger partial charge < -0.3 is 10.4 Å². The first-order chi connectivity index (χ1) is 12.5. The number of carboxylic acids is 1. The third-order valence-corrected chi connectivity index (χ3v) is 4.63. The molecule has 1 aliphatic rings. The van der Waals surface area contributed by atoms with E-state index in [9.17, 15) is 9.90 Å². The summed E-state index contributed by atoms with van der Waals surface area (Å²) in [7, 11) is 0. The molecule has 1 aromatic heterocycles. The molecule has 0 bridgehead atoms. The number of nitrogens with zero attached hydrogens (tertiary/aromatic N) is 2. The third kappa shape index (κ3) is 2.97. The van der Waals surface area contributed by atoms with Gasteiger partial charge in [0.15, 0.2) is 0 Å². The van der Waals surface area contributed by atoms with Gasteiger partial charge in [0.2, 0.25) is 0 Å². The van der Waals surface area contributed by atoms with Crippen molar-refractivity contribution < 1.29 is 9.90 Å². The first-order valence-electron chi connectivity index (χ1n) is 8.15. The molecule has 0 fully saturated rings. The van der Waals surface area contributed by atoms with Gasteiger partial charge in [-0.1, -0.05) is 53.6 Å². The monoisotopic (exact) mass is 365 g/mol. The Bertz CT molecular complexity index is 1000. The minimum Gasteiger partial charge on any atom is -0.477 e. The van der Waals surface area contributed by atoms with Crippen molar-refractivity contribution >= 4 is 23.4 Å². The Kier molecular flexibility index (Phi) is 4.01. The van der Waals surface area contributed by atoms with Crippen LogP contribution in [0.25, 0.3) is 11.3 Å². The van der Waals surface area contributed by atoms with E-state index in [4.69, 9.17) is 16.7 Å². The molecule has 0 radical (unpaired) electrons. The molecule has 3 aromatic rings. The second-order valence-corrected chi connectivity index (χ2v) is 6.67. The van der Waals surface area contributed by atoms with E-state index in [1.54, 1.807) is 22.9 Å². The van der Waals surface area contributed by atoms with Gasteiger partial charge in [-0.15, -0.1) is 0 Å². The van der Waals surface area contributed by atoms with E-state index in [0.29, 0.717) is 10.8 Å². The molecular formula is C20H16ClN3O2. The molecule has 0 saturated heterocycles. The lowest BCUT2D eigenvalue weighted by molar-refractivity contribution is -0.132. The van der Waals surface area contributed by atoms with Crippen LogP contribution in [0, 0.1) is 6.92 Å². The highest BCUT2D eigenvalue weighted by molar-refractivity contribution is 6.30. The molecule has 0 aliphatic carbocycles. The van der Waals surface area contributed by atoms with Crippen LogP contribution in [-0.4, -0.2) is 20.9 Å². The number of aryl methyl sites for hydroxylation is 1. The van der Waals surface area contributed by atoms with Crippen molar-refractivity contribution in [3.63, 3.8) is 0 Å². The number of benzene rings is 2. The number of carboxylic acid groups (broad SMARTS) is 1. The van der Waals surface area contributed by atoms with E-state index in [0.717, 1.165) is 22.4 Å². The maximum absolute atomic E-state index is 11.5. The summed E-state index contributed by atoms with van der Waals surface area (Å²) in [6, 6.07) is 17.0. The van der Waals surface area contributed by atoms with E-state index >= 15 is 0 Å². The average Bonchev–Trinajstić information content (AvgIpc) is 3.06. The fourth-order valence-corrected chi connectivity index (χ4v) is 3.12. The Labute approximate surface area is 155 Å². The van der Waals surface area contributed by atoms with Crippen LogP contribution < -0.4 is 5.32 Å². The molecule has 1 atom stereocenters. The van der Waals surface area contributed by atoms with Crippen LogP contribution in [0.15, 0.2) is 66.4 Å². The highest BCUT2D eigenvalue weighted by Gasteiger charge is 2.26. The number of rotatable bonds is 3. The van der Waals surface area contributed by atoms with Crippen LogP contribution in [0.3, 0.4) is 0 Å². The average molecular weight is 366 g/mol. The number of fused-ring (bicyclic) bond motifs is 1. The highest BCUT2D eigenvalue weighted by atomic mass is 35.5. The van der Waals surface area contributed by atoms with Crippen LogP contribution in [0.5, 0.6) is 0 Å². The number of nitrogens with one attached hydrogen (secondary N) is 1. The Morgan fingerprint density at radius 1 is 1.15 bits per heavy atom. The van der Waals surface area contributed by atoms with Crippen molar-refractivity contribution in [1.29, 1.82) is 0 Å². The fraction of sp³-hybridized carbons (Fsp3) is 0.100. The summed E-state index contributed by atoms with van der Waals surface area (Å²) in [4.78, 5) is 11.5. The van der Waals surface area contributed by atoms with Crippen LogP contribution in [0.4, 0.5) is 5.82 Å². The van der Waals surface area contributed by atoms with E-state index in [1.165, 1.54) is 0 Å². The van der Waals surface area contributed by atoms with E-state index < -0.39 is 5.97 Å². The lowest BCUT2D eigenvalue weighted by atomic mass is 10.0. The zero-order chi connectivity index (χ0) is 18.3. The number of carbonyl (C=O) groups is 1. The van der Waals surface area contributed by atoms with Gasteiger partial charge in [-0.25, -0.2) is 9.48 Å².